The number of benzene rings is 1. The van der Waals surface area contributed by atoms with Crippen molar-refractivity contribution in [1.82, 2.24) is 14.6 Å². The van der Waals surface area contributed by atoms with Gasteiger partial charge in [-0.3, -0.25) is 4.40 Å². The van der Waals surface area contributed by atoms with Gasteiger partial charge in [-0.05, 0) is 30.7 Å². The van der Waals surface area contributed by atoms with Crippen molar-refractivity contribution in [3.05, 3.63) is 42.5 Å². The normalized spacial score (nSPS) is 11.1. The fourth-order valence-electron chi connectivity index (χ4n) is 2.26. The van der Waals surface area contributed by atoms with Gasteiger partial charge in [-0.1, -0.05) is 17.8 Å². The Morgan fingerprint density at radius 3 is 2.95 bits per heavy atom. The number of rotatable bonds is 4. The molecule has 0 aliphatic rings. The maximum Gasteiger partial charge on any atom is 0.196 e. The minimum Gasteiger partial charge on any atom is -0.497 e. The maximum absolute atomic E-state index is 5.33. The van der Waals surface area contributed by atoms with Crippen molar-refractivity contribution in [3.8, 4) is 5.75 Å². The van der Waals surface area contributed by atoms with E-state index in [1.165, 1.54) is 10.9 Å². The number of aryl methyl sites for hydroxylation is 1. The van der Waals surface area contributed by atoms with Crippen LogP contribution in [-0.2, 0) is 0 Å². The van der Waals surface area contributed by atoms with E-state index in [4.69, 9.17) is 4.74 Å². The molecule has 0 amide bonds. The minimum atomic E-state index is 0.806. The number of fused-ring (bicyclic) bond motifs is 3. The molecule has 4 nitrogen and oxygen atoms in total. The first-order chi connectivity index (χ1) is 9.74. The number of hydrogen-bond acceptors (Lipinski definition) is 4. The lowest BCUT2D eigenvalue weighted by Crippen LogP contribution is -1.94. The molecule has 3 aromatic rings. The summed E-state index contributed by atoms with van der Waals surface area (Å²) >= 11 is 1.62. The van der Waals surface area contributed by atoms with E-state index in [1.54, 1.807) is 18.9 Å². The second-order valence-electron chi connectivity index (χ2n) is 4.49. The number of nitrogens with zero attached hydrogens (tertiary/aromatic N) is 3. The van der Waals surface area contributed by atoms with E-state index in [2.05, 4.69) is 40.2 Å². The number of ether oxygens (including phenoxy) is 1. The Morgan fingerprint density at radius 2 is 2.20 bits per heavy atom. The summed E-state index contributed by atoms with van der Waals surface area (Å²) in [7, 11) is 1.67. The Hall–Kier alpha value is -2.01. The fraction of sp³-hybridized carbons (Fsp3) is 0.200. The second-order valence-corrected chi connectivity index (χ2v) is 5.47. The molecule has 0 radical (unpaired) electrons. The summed E-state index contributed by atoms with van der Waals surface area (Å²) in [5.41, 5.74) is 3.11. The van der Waals surface area contributed by atoms with E-state index < -0.39 is 0 Å². The van der Waals surface area contributed by atoms with Crippen LogP contribution < -0.4 is 4.74 Å². The summed E-state index contributed by atoms with van der Waals surface area (Å²) in [5.74, 6) is 1.64. The van der Waals surface area contributed by atoms with Crippen molar-refractivity contribution >= 4 is 28.3 Å². The Morgan fingerprint density at radius 1 is 1.35 bits per heavy atom. The Kier molecular flexibility index (Phi) is 3.36. The van der Waals surface area contributed by atoms with Gasteiger partial charge in [0.25, 0.3) is 0 Å². The molecular weight excluding hydrogens is 270 g/mol. The van der Waals surface area contributed by atoms with Gasteiger partial charge in [0.2, 0.25) is 0 Å². The molecule has 0 atom stereocenters. The van der Waals surface area contributed by atoms with Crippen molar-refractivity contribution in [1.29, 1.82) is 0 Å². The van der Waals surface area contributed by atoms with Gasteiger partial charge >= 0.3 is 0 Å². The Bertz CT molecular complexity index is 795. The van der Waals surface area contributed by atoms with E-state index in [0.29, 0.717) is 0 Å². The van der Waals surface area contributed by atoms with Crippen LogP contribution in [0.15, 0.2) is 42.1 Å². The predicted molar refractivity (Wildman–Crippen MR) is 82.7 cm³/mol. The van der Waals surface area contributed by atoms with Gasteiger partial charge in [-0.15, -0.1) is 16.8 Å². The molecule has 0 aliphatic heterocycles. The van der Waals surface area contributed by atoms with Crippen LogP contribution >= 0.6 is 11.8 Å². The molecular formula is C15H15N3OS. The average Bonchev–Trinajstić information content (AvgIpc) is 2.87. The predicted octanol–water partition coefficient (Wildman–Crippen LogP) is 3.48. The highest BCUT2D eigenvalue weighted by atomic mass is 32.2. The van der Waals surface area contributed by atoms with Gasteiger partial charge in [0, 0.05) is 17.2 Å². The van der Waals surface area contributed by atoms with E-state index in [-0.39, 0.29) is 0 Å². The summed E-state index contributed by atoms with van der Waals surface area (Å²) in [6.07, 6.45) is 1.86. The lowest BCUT2D eigenvalue weighted by atomic mass is 10.1. The molecule has 20 heavy (non-hydrogen) atoms. The minimum absolute atomic E-state index is 0.806. The van der Waals surface area contributed by atoms with Crippen LogP contribution in [0, 0.1) is 6.92 Å². The zero-order chi connectivity index (χ0) is 14.1. The van der Waals surface area contributed by atoms with Gasteiger partial charge < -0.3 is 4.74 Å². The third-order valence-corrected chi connectivity index (χ3v) is 4.13. The Balaban J connectivity index is 2.34. The van der Waals surface area contributed by atoms with Crippen LogP contribution in [0.3, 0.4) is 0 Å². The number of thioether (sulfide) groups is 1. The topological polar surface area (TPSA) is 39.4 Å². The smallest absolute Gasteiger partial charge is 0.196 e. The molecule has 0 unspecified atom stereocenters. The third-order valence-electron chi connectivity index (χ3n) is 3.20. The maximum atomic E-state index is 5.33. The fourth-order valence-corrected chi connectivity index (χ4v) is 2.94. The van der Waals surface area contributed by atoms with Gasteiger partial charge in [0.15, 0.2) is 10.8 Å². The summed E-state index contributed by atoms with van der Waals surface area (Å²) in [6, 6.07) is 8.13. The van der Waals surface area contributed by atoms with Crippen molar-refractivity contribution < 1.29 is 4.74 Å². The standard InChI is InChI=1S/C15H15N3OS/c1-4-7-20-15-17-16-14-8-10(2)12-6-5-11(19-3)9-13(12)18(14)15/h4-6,8-9H,1,7H2,2-3H3. The summed E-state index contributed by atoms with van der Waals surface area (Å²) in [5, 5.41) is 10.6. The molecule has 5 heteroatoms. The van der Waals surface area contributed by atoms with Crippen LogP contribution in [0.1, 0.15) is 5.56 Å². The molecule has 0 N–H and O–H groups in total. The first kappa shape index (κ1) is 13.0. The molecule has 3 rings (SSSR count). The zero-order valence-electron chi connectivity index (χ0n) is 11.5. The number of methoxy groups -OCH3 is 1. The van der Waals surface area contributed by atoms with Crippen LogP contribution in [0.5, 0.6) is 5.75 Å². The van der Waals surface area contributed by atoms with Crippen LogP contribution in [-0.4, -0.2) is 27.5 Å². The molecule has 0 bridgehead atoms. The molecule has 0 saturated heterocycles. The third kappa shape index (κ3) is 2.04. The van der Waals surface area contributed by atoms with Gasteiger partial charge in [0.05, 0.1) is 12.6 Å². The number of aromatic nitrogens is 3. The molecule has 102 valence electrons. The average molecular weight is 285 g/mol. The lowest BCUT2D eigenvalue weighted by molar-refractivity contribution is 0.415. The highest BCUT2D eigenvalue weighted by Gasteiger charge is 2.11. The van der Waals surface area contributed by atoms with E-state index in [9.17, 15) is 0 Å². The van der Waals surface area contributed by atoms with E-state index >= 15 is 0 Å². The van der Waals surface area contributed by atoms with Gasteiger partial charge in [0.1, 0.15) is 5.75 Å². The second kappa shape index (κ2) is 5.17. The molecule has 0 aliphatic carbocycles. The molecule has 0 saturated carbocycles. The van der Waals surface area contributed by atoms with Crippen LogP contribution in [0.4, 0.5) is 0 Å². The summed E-state index contributed by atoms with van der Waals surface area (Å²) in [6.45, 7) is 5.83. The first-order valence-corrected chi connectivity index (χ1v) is 7.29. The number of pyridine rings is 1. The molecule has 2 heterocycles. The monoisotopic (exact) mass is 285 g/mol. The highest BCUT2D eigenvalue weighted by Crippen LogP contribution is 2.28. The van der Waals surface area contributed by atoms with Gasteiger partial charge in [-0.2, -0.15) is 0 Å². The zero-order valence-corrected chi connectivity index (χ0v) is 12.3. The van der Waals surface area contributed by atoms with Crippen molar-refractivity contribution in [3.63, 3.8) is 0 Å². The SMILES string of the molecule is C=CCSc1nnc2cc(C)c3ccc(OC)cc3n12. The van der Waals surface area contributed by atoms with Crippen LogP contribution in [0.2, 0.25) is 0 Å². The summed E-state index contributed by atoms with van der Waals surface area (Å²) < 4.78 is 7.40. The van der Waals surface area contributed by atoms with E-state index in [0.717, 1.165) is 27.8 Å². The highest BCUT2D eigenvalue weighted by molar-refractivity contribution is 7.99. The Labute approximate surface area is 121 Å². The number of hydrogen-bond donors (Lipinski definition) is 0. The van der Waals surface area contributed by atoms with Crippen molar-refractivity contribution in [2.24, 2.45) is 0 Å². The largest absolute Gasteiger partial charge is 0.497 e. The van der Waals surface area contributed by atoms with Crippen LogP contribution in [0.25, 0.3) is 16.6 Å². The molecule has 1 aromatic carbocycles. The van der Waals surface area contributed by atoms with Crippen molar-refractivity contribution in [2.75, 3.05) is 12.9 Å². The molecule has 0 fully saturated rings. The lowest BCUT2D eigenvalue weighted by Gasteiger charge is -2.08. The molecule has 0 spiro atoms. The quantitative estimate of drug-likeness (QED) is 0.543. The van der Waals surface area contributed by atoms with Crippen molar-refractivity contribution in [2.45, 2.75) is 12.1 Å². The van der Waals surface area contributed by atoms with E-state index in [1.807, 2.05) is 18.2 Å². The molecule has 2 aromatic heterocycles. The summed E-state index contributed by atoms with van der Waals surface area (Å²) in [4.78, 5) is 0. The van der Waals surface area contributed by atoms with Gasteiger partial charge in [-0.25, -0.2) is 0 Å². The first-order valence-electron chi connectivity index (χ1n) is 6.31.